The maximum absolute atomic E-state index is 13.0. The van der Waals surface area contributed by atoms with Crippen molar-refractivity contribution in [1.82, 2.24) is 14.7 Å². The third-order valence-electron chi connectivity index (χ3n) is 4.75. The fourth-order valence-corrected chi connectivity index (χ4v) is 3.43. The Morgan fingerprint density at radius 3 is 2.80 bits per heavy atom. The molecule has 0 saturated carbocycles. The van der Waals surface area contributed by atoms with Gasteiger partial charge in [-0.2, -0.15) is 0 Å². The van der Waals surface area contributed by atoms with Crippen LogP contribution in [-0.2, 0) is 6.42 Å². The van der Waals surface area contributed by atoms with Gasteiger partial charge in [0.2, 0.25) is 0 Å². The monoisotopic (exact) mass is 334 g/mol. The third-order valence-corrected chi connectivity index (χ3v) is 4.75. The Hall–Kier alpha value is -2.66. The van der Waals surface area contributed by atoms with Gasteiger partial charge in [-0.1, -0.05) is 25.1 Å². The number of pyridine rings is 1. The lowest BCUT2D eigenvalue weighted by Crippen LogP contribution is -2.22. The Labute approximate surface area is 146 Å². The maximum Gasteiger partial charge on any atom is 0.265 e. The van der Waals surface area contributed by atoms with E-state index in [-0.39, 0.29) is 5.56 Å². The minimum absolute atomic E-state index is 0.0110. The molecule has 1 aliphatic heterocycles. The summed E-state index contributed by atoms with van der Waals surface area (Å²) in [5, 5.41) is 6.89. The SMILES string of the molecule is CCc1nc2ccccn2c(=O)c1-c1ccc(NC2CCNC2)cc1. The van der Waals surface area contributed by atoms with Crippen molar-refractivity contribution in [3.05, 3.63) is 64.7 Å². The molecule has 1 atom stereocenters. The van der Waals surface area contributed by atoms with Crippen LogP contribution in [0.25, 0.3) is 16.8 Å². The zero-order valence-corrected chi connectivity index (χ0v) is 14.3. The Morgan fingerprint density at radius 2 is 2.08 bits per heavy atom. The normalized spacial score (nSPS) is 17.1. The van der Waals surface area contributed by atoms with Gasteiger partial charge in [0.1, 0.15) is 5.65 Å². The summed E-state index contributed by atoms with van der Waals surface area (Å²) in [6, 6.07) is 14.2. The number of aryl methyl sites for hydroxylation is 1. The maximum atomic E-state index is 13.0. The van der Waals surface area contributed by atoms with Crippen molar-refractivity contribution in [1.29, 1.82) is 0 Å². The van der Waals surface area contributed by atoms with Gasteiger partial charge in [-0.25, -0.2) is 4.98 Å². The molecule has 0 bridgehead atoms. The Bertz CT molecular complexity index is 940. The van der Waals surface area contributed by atoms with Gasteiger partial charge in [0.25, 0.3) is 5.56 Å². The van der Waals surface area contributed by atoms with Gasteiger partial charge in [0.15, 0.2) is 0 Å². The molecule has 4 rings (SSSR count). The molecule has 3 aromatic rings. The van der Waals surface area contributed by atoms with Gasteiger partial charge < -0.3 is 10.6 Å². The minimum Gasteiger partial charge on any atom is -0.381 e. The summed E-state index contributed by atoms with van der Waals surface area (Å²) in [5.74, 6) is 0. The number of anilines is 1. The molecule has 1 aromatic carbocycles. The highest BCUT2D eigenvalue weighted by molar-refractivity contribution is 5.68. The van der Waals surface area contributed by atoms with Crippen molar-refractivity contribution >= 4 is 11.3 Å². The summed E-state index contributed by atoms with van der Waals surface area (Å²) in [5.41, 5.74) is 4.23. The van der Waals surface area contributed by atoms with E-state index in [4.69, 9.17) is 0 Å². The first-order valence-electron chi connectivity index (χ1n) is 8.84. The van der Waals surface area contributed by atoms with Gasteiger partial charge >= 0.3 is 0 Å². The second kappa shape index (κ2) is 6.69. The van der Waals surface area contributed by atoms with Crippen molar-refractivity contribution in [2.45, 2.75) is 25.8 Å². The average Bonchev–Trinajstić information content (AvgIpc) is 3.15. The molecular weight excluding hydrogens is 312 g/mol. The molecule has 0 aliphatic carbocycles. The van der Waals surface area contributed by atoms with E-state index < -0.39 is 0 Å². The second-order valence-electron chi connectivity index (χ2n) is 6.43. The quantitative estimate of drug-likeness (QED) is 0.770. The predicted octanol–water partition coefficient (Wildman–Crippen LogP) is 2.70. The highest BCUT2D eigenvalue weighted by Gasteiger charge is 2.15. The summed E-state index contributed by atoms with van der Waals surface area (Å²) in [7, 11) is 0. The Kier molecular flexibility index (Phi) is 4.24. The first kappa shape index (κ1) is 15.8. The molecule has 0 radical (unpaired) electrons. The van der Waals surface area contributed by atoms with Crippen LogP contribution >= 0.6 is 0 Å². The number of nitrogens with one attached hydrogen (secondary N) is 2. The number of rotatable bonds is 4. The zero-order valence-electron chi connectivity index (χ0n) is 14.3. The number of fused-ring (bicyclic) bond motifs is 1. The van der Waals surface area contributed by atoms with Gasteiger partial charge in [-0.15, -0.1) is 0 Å². The van der Waals surface area contributed by atoms with E-state index in [0.29, 0.717) is 17.3 Å². The van der Waals surface area contributed by atoms with Gasteiger partial charge in [-0.3, -0.25) is 9.20 Å². The highest BCUT2D eigenvalue weighted by Crippen LogP contribution is 2.23. The zero-order chi connectivity index (χ0) is 17.2. The van der Waals surface area contributed by atoms with Crippen LogP contribution in [0.1, 0.15) is 19.0 Å². The fraction of sp³-hybridized carbons (Fsp3) is 0.300. The van der Waals surface area contributed by atoms with Crippen LogP contribution in [0, 0.1) is 0 Å². The smallest absolute Gasteiger partial charge is 0.265 e. The van der Waals surface area contributed by atoms with Gasteiger partial charge in [0, 0.05) is 24.5 Å². The lowest BCUT2D eigenvalue weighted by molar-refractivity contribution is 0.793. The molecule has 25 heavy (non-hydrogen) atoms. The van der Waals surface area contributed by atoms with Crippen molar-refractivity contribution in [2.24, 2.45) is 0 Å². The van der Waals surface area contributed by atoms with E-state index in [2.05, 4.69) is 15.6 Å². The highest BCUT2D eigenvalue weighted by atomic mass is 16.1. The van der Waals surface area contributed by atoms with Crippen molar-refractivity contribution in [3.8, 4) is 11.1 Å². The molecule has 0 spiro atoms. The van der Waals surface area contributed by atoms with E-state index >= 15 is 0 Å². The third kappa shape index (κ3) is 3.03. The summed E-state index contributed by atoms with van der Waals surface area (Å²) in [4.78, 5) is 17.6. The molecule has 1 unspecified atom stereocenters. The van der Waals surface area contributed by atoms with E-state index in [1.54, 1.807) is 10.6 Å². The van der Waals surface area contributed by atoms with Gasteiger partial charge in [-0.05, 0) is 49.2 Å². The number of aromatic nitrogens is 2. The molecule has 0 amide bonds. The number of benzene rings is 1. The summed E-state index contributed by atoms with van der Waals surface area (Å²) < 4.78 is 1.62. The van der Waals surface area contributed by atoms with Crippen LogP contribution in [0.5, 0.6) is 0 Å². The number of hydrogen-bond donors (Lipinski definition) is 2. The van der Waals surface area contributed by atoms with Crippen molar-refractivity contribution in [2.75, 3.05) is 18.4 Å². The van der Waals surface area contributed by atoms with Crippen molar-refractivity contribution < 1.29 is 0 Å². The second-order valence-corrected chi connectivity index (χ2v) is 6.43. The molecule has 1 saturated heterocycles. The number of nitrogens with zero attached hydrogens (tertiary/aromatic N) is 2. The molecule has 128 valence electrons. The van der Waals surface area contributed by atoms with Crippen molar-refractivity contribution in [3.63, 3.8) is 0 Å². The topological polar surface area (TPSA) is 58.4 Å². The van der Waals surface area contributed by atoms with E-state index in [1.807, 2.05) is 49.4 Å². The largest absolute Gasteiger partial charge is 0.381 e. The van der Waals surface area contributed by atoms with Crippen LogP contribution in [0.2, 0.25) is 0 Å². The summed E-state index contributed by atoms with van der Waals surface area (Å²) >= 11 is 0. The fourth-order valence-electron chi connectivity index (χ4n) is 3.43. The van der Waals surface area contributed by atoms with Crippen LogP contribution in [0.3, 0.4) is 0 Å². The van der Waals surface area contributed by atoms with Gasteiger partial charge in [0.05, 0.1) is 11.3 Å². The van der Waals surface area contributed by atoms with Crippen LogP contribution in [0.4, 0.5) is 5.69 Å². The van der Waals surface area contributed by atoms with Crippen LogP contribution < -0.4 is 16.2 Å². The molecular formula is C20H22N4O. The minimum atomic E-state index is -0.0110. The molecule has 5 heteroatoms. The summed E-state index contributed by atoms with van der Waals surface area (Å²) in [6.07, 6.45) is 3.64. The summed E-state index contributed by atoms with van der Waals surface area (Å²) in [6.45, 7) is 4.10. The molecule has 3 heterocycles. The number of hydrogen-bond acceptors (Lipinski definition) is 4. The Morgan fingerprint density at radius 1 is 1.24 bits per heavy atom. The van der Waals surface area contributed by atoms with E-state index in [0.717, 1.165) is 42.9 Å². The standard InChI is InChI=1S/C20H22N4O/c1-2-17-19(20(25)24-12-4-3-5-18(24)23-17)14-6-8-15(9-7-14)22-16-10-11-21-13-16/h3-9,12,16,21-22H,2,10-11,13H2,1H3. The molecule has 5 nitrogen and oxygen atoms in total. The Balaban J connectivity index is 1.73. The van der Waals surface area contributed by atoms with Crippen LogP contribution in [0.15, 0.2) is 53.5 Å². The first-order chi connectivity index (χ1) is 12.3. The first-order valence-corrected chi connectivity index (χ1v) is 8.84. The van der Waals surface area contributed by atoms with E-state index in [1.165, 1.54) is 0 Å². The molecule has 2 N–H and O–H groups in total. The molecule has 1 fully saturated rings. The predicted molar refractivity (Wildman–Crippen MR) is 101 cm³/mol. The van der Waals surface area contributed by atoms with E-state index in [9.17, 15) is 4.79 Å². The lowest BCUT2D eigenvalue weighted by Gasteiger charge is -2.14. The van der Waals surface area contributed by atoms with Crippen LogP contribution in [-0.4, -0.2) is 28.5 Å². The lowest BCUT2D eigenvalue weighted by atomic mass is 10.0. The average molecular weight is 334 g/mol. The molecule has 1 aliphatic rings. The molecule has 2 aromatic heterocycles.